The van der Waals surface area contributed by atoms with Gasteiger partial charge in [-0.15, -0.1) is 0 Å². The van der Waals surface area contributed by atoms with E-state index in [1.165, 1.54) is 0 Å². The molecule has 0 N–H and O–H groups in total. The number of rotatable bonds is 4. The maximum Gasteiger partial charge on any atom is 0.112 e. The molecular weight excluding hydrogens is 204 g/mol. The van der Waals surface area contributed by atoms with Crippen molar-refractivity contribution in [3.63, 3.8) is 0 Å². The van der Waals surface area contributed by atoms with Gasteiger partial charge in [0.15, 0.2) is 0 Å². The van der Waals surface area contributed by atoms with Crippen molar-refractivity contribution in [2.24, 2.45) is 5.92 Å². The molecule has 16 heavy (non-hydrogen) atoms. The van der Waals surface area contributed by atoms with Gasteiger partial charge in [-0.05, 0) is 19.8 Å². The summed E-state index contributed by atoms with van der Waals surface area (Å²) in [6, 6.07) is 0. The van der Waals surface area contributed by atoms with E-state index in [0.717, 1.165) is 19.4 Å². The Labute approximate surface area is 98.4 Å². The standard InChI is InChI=1S/C13H24O3/c1-5-13(4,6-2)16-10-8-15-11-9(3)7-14-12(10)11/h9-12H,5-8H2,1-4H3/t9?,10?,11-,12-/m1/s1. The van der Waals surface area contributed by atoms with Crippen LogP contribution in [0.1, 0.15) is 40.5 Å². The van der Waals surface area contributed by atoms with Crippen molar-refractivity contribution in [1.82, 2.24) is 0 Å². The molecule has 0 amide bonds. The van der Waals surface area contributed by atoms with Crippen molar-refractivity contribution >= 4 is 0 Å². The second-order valence-corrected chi connectivity index (χ2v) is 5.39. The van der Waals surface area contributed by atoms with E-state index >= 15 is 0 Å². The van der Waals surface area contributed by atoms with Gasteiger partial charge in [-0.3, -0.25) is 0 Å². The van der Waals surface area contributed by atoms with Crippen LogP contribution in [0.2, 0.25) is 0 Å². The predicted molar refractivity (Wildman–Crippen MR) is 62.5 cm³/mol. The molecule has 2 aliphatic rings. The zero-order chi connectivity index (χ0) is 11.8. The van der Waals surface area contributed by atoms with Crippen molar-refractivity contribution < 1.29 is 14.2 Å². The zero-order valence-corrected chi connectivity index (χ0v) is 10.9. The van der Waals surface area contributed by atoms with Crippen LogP contribution in [0.3, 0.4) is 0 Å². The molecule has 0 aromatic rings. The van der Waals surface area contributed by atoms with Gasteiger partial charge in [0.1, 0.15) is 12.2 Å². The minimum Gasteiger partial charge on any atom is -0.372 e. The van der Waals surface area contributed by atoms with Crippen molar-refractivity contribution in [2.75, 3.05) is 13.2 Å². The van der Waals surface area contributed by atoms with Gasteiger partial charge in [-0.2, -0.15) is 0 Å². The highest BCUT2D eigenvalue weighted by Gasteiger charge is 2.48. The predicted octanol–water partition coefficient (Wildman–Crippen LogP) is 2.38. The molecule has 2 saturated heterocycles. The fourth-order valence-electron chi connectivity index (χ4n) is 2.54. The van der Waals surface area contributed by atoms with E-state index in [-0.39, 0.29) is 23.9 Å². The minimum atomic E-state index is -0.0297. The molecule has 3 nitrogen and oxygen atoms in total. The molecule has 2 fully saturated rings. The van der Waals surface area contributed by atoms with Gasteiger partial charge in [0.2, 0.25) is 0 Å². The lowest BCUT2D eigenvalue weighted by Gasteiger charge is -2.32. The molecule has 94 valence electrons. The third-order valence-corrected chi connectivity index (χ3v) is 4.19. The maximum absolute atomic E-state index is 6.21. The number of ether oxygens (including phenoxy) is 3. The molecule has 2 heterocycles. The van der Waals surface area contributed by atoms with Crippen LogP contribution in [-0.2, 0) is 14.2 Å². The summed E-state index contributed by atoms with van der Waals surface area (Å²) in [7, 11) is 0. The van der Waals surface area contributed by atoms with Crippen molar-refractivity contribution in [3.05, 3.63) is 0 Å². The lowest BCUT2D eigenvalue weighted by molar-refractivity contribution is -0.122. The molecule has 0 aromatic heterocycles. The molecule has 2 rings (SSSR count). The first kappa shape index (κ1) is 12.3. The Morgan fingerprint density at radius 2 is 1.75 bits per heavy atom. The van der Waals surface area contributed by atoms with Crippen LogP contribution in [0.15, 0.2) is 0 Å². The van der Waals surface area contributed by atoms with Crippen LogP contribution in [0.25, 0.3) is 0 Å². The summed E-state index contributed by atoms with van der Waals surface area (Å²) < 4.78 is 17.8. The van der Waals surface area contributed by atoms with Crippen molar-refractivity contribution in [2.45, 2.75) is 64.4 Å². The average molecular weight is 228 g/mol. The molecule has 0 radical (unpaired) electrons. The number of fused-ring (bicyclic) bond motifs is 1. The van der Waals surface area contributed by atoms with Gasteiger partial charge < -0.3 is 14.2 Å². The summed E-state index contributed by atoms with van der Waals surface area (Å²) in [5.74, 6) is 0.508. The summed E-state index contributed by atoms with van der Waals surface area (Å²) in [5, 5.41) is 0. The molecule has 2 aliphatic heterocycles. The molecular formula is C13H24O3. The second kappa shape index (κ2) is 4.63. The Kier molecular flexibility index (Phi) is 3.57. The Bertz CT molecular complexity index is 237. The highest BCUT2D eigenvalue weighted by molar-refractivity contribution is 4.94. The Morgan fingerprint density at radius 3 is 2.38 bits per heavy atom. The van der Waals surface area contributed by atoms with Crippen molar-refractivity contribution in [1.29, 1.82) is 0 Å². The first-order valence-corrected chi connectivity index (χ1v) is 6.50. The molecule has 4 atom stereocenters. The van der Waals surface area contributed by atoms with E-state index in [0.29, 0.717) is 12.5 Å². The van der Waals surface area contributed by atoms with E-state index < -0.39 is 0 Å². The van der Waals surface area contributed by atoms with Gasteiger partial charge in [-0.25, -0.2) is 0 Å². The monoisotopic (exact) mass is 228 g/mol. The Hall–Kier alpha value is -0.120. The summed E-state index contributed by atoms with van der Waals surface area (Å²) >= 11 is 0. The molecule has 0 spiro atoms. The van der Waals surface area contributed by atoms with E-state index in [1.807, 2.05) is 0 Å². The van der Waals surface area contributed by atoms with Gasteiger partial charge in [0.25, 0.3) is 0 Å². The van der Waals surface area contributed by atoms with E-state index in [1.54, 1.807) is 0 Å². The molecule has 2 unspecified atom stereocenters. The quantitative estimate of drug-likeness (QED) is 0.739. The van der Waals surface area contributed by atoms with Crippen LogP contribution in [0.5, 0.6) is 0 Å². The van der Waals surface area contributed by atoms with E-state index in [4.69, 9.17) is 14.2 Å². The van der Waals surface area contributed by atoms with Gasteiger partial charge >= 0.3 is 0 Å². The van der Waals surface area contributed by atoms with E-state index in [2.05, 4.69) is 27.7 Å². The van der Waals surface area contributed by atoms with Crippen LogP contribution in [-0.4, -0.2) is 37.1 Å². The van der Waals surface area contributed by atoms with E-state index in [9.17, 15) is 0 Å². The summed E-state index contributed by atoms with van der Waals surface area (Å²) in [6.07, 6.45) is 2.61. The summed E-state index contributed by atoms with van der Waals surface area (Å²) in [4.78, 5) is 0. The smallest absolute Gasteiger partial charge is 0.112 e. The van der Waals surface area contributed by atoms with Crippen LogP contribution in [0.4, 0.5) is 0 Å². The van der Waals surface area contributed by atoms with Crippen LogP contribution >= 0.6 is 0 Å². The van der Waals surface area contributed by atoms with Gasteiger partial charge in [0, 0.05) is 5.92 Å². The normalized spacial score (nSPS) is 39.0. The summed E-state index contributed by atoms with van der Waals surface area (Å²) in [6.45, 7) is 10.2. The fraction of sp³-hybridized carbons (Fsp3) is 1.00. The van der Waals surface area contributed by atoms with Crippen LogP contribution in [0, 0.1) is 5.92 Å². The highest BCUT2D eigenvalue weighted by atomic mass is 16.6. The Morgan fingerprint density at radius 1 is 1.12 bits per heavy atom. The van der Waals surface area contributed by atoms with Gasteiger partial charge in [0.05, 0.1) is 24.9 Å². The number of hydrogen-bond donors (Lipinski definition) is 0. The van der Waals surface area contributed by atoms with Crippen LogP contribution < -0.4 is 0 Å². The molecule has 0 bridgehead atoms. The molecule has 0 saturated carbocycles. The minimum absolute atomic E-state index is 0.0297. The SMILES string of the molecule is CCC(C)(CC)OC1CO[C@@H]2C(C)CO[C@H]12. The third-order valence-electron chi connectivity index (χ3n) is 4.19. The zero-order valence-electron chi connectivity index (χ0n) is 10.9. The lowest BCUT2D eigenvalue weighted by atomic mass is 9.98. The first-order chi connectivity index (χ1) is 7.59. The third kappa shape index (κ3) is 2.13. The Balaban J connectivity index is 1.97. The lowest BCUT2D eigenvalue weighted by Crippen LogP contribution is -2.39. The van der Waals surface area contributed by atoms with Gasteiger partial charge in [-0.1, -0.05) is 20.8 Å². The summed E-state index contributed by atoms with van der Waals surface area (Å²) in [5.41, 5.74) is -0.0297. The molecule has 0 aliphatic carbocycles. The van der Waals surface area contributed by atoms with Crippen molar-refractivity contribution in [3.8, 4) is 0 Å². The molecule has 3 heteroatoms. The topological polar surface area (TPSA) is 27.7 Å². The highest BCUT2D eigenvalue weighted by Crippen LogP contribution is 2.35. The maximum atomic E-state index is 6.21. The second-order valence-electron chi connectivity index (χ2n) is 5.39. The first-order valence-electron chi connectivity index (χ1n) is 6.50. The largest absolute Gasteiger partial charge is 0.372 e. The average Bonchev–Trinajstić information content (AvgIpc) is 2.84. The molecule has 0 aromatic carbocycles. The number of hydrogen-bond acceptors (Lipinski definition) is 3. The fourth-order valence-corrected chi connectivity index (χ4v) is 2.54.